The van der Waals surface area contributed by atoms with Crippen LogP contribution in [-0.2, 0) is 0 Å². The first-order valence-corrected chi connectivity index (χ1v) is 5.29. The van der Waals surface area contributed by atoms with Crippen LogP contribution in [0, 0.1) is 5.82 Å². The molecule has 0 radical (unpaired) electrons. The summed E-state index contributed by atoms with van der Waals surface area (Å²) in [7, 11) is 0. The molecule has 0 saturated heterocycles. The van der Waals surface area contributed by atoms with Gasteiger partial charge in [-0.05, 0) is 12.1 Å². The molecule has 0 saturated carbocycles. The van der Waals surface area contributed by atoms with Gasteiger partial charge in [0.1, 0.15) is 5.82 Å². The molecule has 2 aromatic rings. The Labute approximate surface area is 106 Å². The number of aromatic nitrogens is 2. The van der Waals surface area contributed by atoms with Gasteiger partial charge in [-0.2, -0.15) is 0 Å². The minimum absolute atomic E-state index is 0.00929. The van der Waals surface area contributed by atoms with Gasteiger partial charge in [0.15, 0.2) is 0 Å². The van der Waals surface area contributed by atoms with Gasteiger partial charge in [-0.25, -0.2) is 9.37 Å². The Bertz CT molecular complexity index is 557. The molecule has 0 unspecified atom stereocenters. The molecule has 1 amide bonds. The van der Waals surface area contributed by atoms with Crippen LogP contribution in [-0.4, -0.2) is 15.9 Å². The second-order valence-corrected chi connectivity index (χ2v) is 3.95. The minimum Gasteiger partial charge on any atom is -0.331 e. The number of carbonyl (C=O) groups is 1. The summed E-state index contributed by atoms with van der Waals surface area (Å²) in [6.07, 6.45) is 3.01. The Hall–Kier alpha value is -1.59. The standard InChI is InChI=1S/C10H6Cl2FN3O/c11-6-4-7(12)8(13)3-5(6)9(17)16-10-14-1-2-15-10/h1-4H,(H2,14,15,16,17). The molecule has 0 aliphatic heterocycles. The van der Waals surface area contributed by atoms with Crippen molar-refractivity contribution in [3.05, 3.63) is 46.0 Å². The summed E-state index contributed by atoms with van der Waals surface area (Å²) < 4.78 is 13.2. The minimum atomic E-state index is -0.708. The number of halogens is 3. The predicted molar refractivity (Wildman–Crippen MR) is 63.0 cm³/mol. The van der Waals surface area contributed by atoms with Crippen LogP contribution >= 0.6 is 23.2 Å². The first-order chi connectivity index (χ1) is 8.08. The molecule has 0 aliphatic rings. The summed E-state index contributed by atoms with van der Waals surface area (Å²) in [6, 6.07) is 2.15. The zero-order valence-electron chi connectivity index (χ0n) is 8.30. The van der Waals surface area contributed by atoms with Gasteiger partial charge < -0.3 is 4.98 Å². The van der Waals surface area contributed by atoms with Crippen molar-refractivity contribution in [3.63, 3.8) is 0 Å². The fourth-order valence-electron chi connectivity index (χ4n) is 1.21. The van der Waals surface area contributed by atoms with Crippen molar-refractivity contribution >= 4 is 35.1 Å². The number of nitrogens with one attached hydrogen (secondary N) is 2. The highest BCUT2D eigenvalue weighted by Gasteiger charge is 2.14. The molecule has 1 aromatic heterocycles. The summed E-state index contributed by atoms with van der Waals surface area (Å²) in [5.41, 5.74) is -0.00929. The monoisotopic (exact) mass is 273 g/mol. The van der Waals surface area contributed by atoms with E-state index in [0.29, 0.717) is 0 Å². The van der Waals surface area contributed by atoms with Crippen LogP contribution in [0.25, 0.3) is 0 Å². The lowest BCUT2D eigenvalue weighted by Crippen LogP contribution is -2.13. The molecule has 0 fully saturated rings. The van der Waals surface area contributed by atoms with Crippen LogP contribution < -0.4 is 5.32 Å². The average Bonchev–Trinajstić information content (AvgIpc) is 2.76. The molecule has 2 rings (SSSR count). The molecular formula is C10H6Cl2FN3O. The molecule has 1 aromatic carbocycles. The lowest BCUT2D eigenvalue weighted by atomic mass is 10.2. The number of carbonyl (C=O) groups excluding carboxylic acids is 1. The van der Waals surface area contributed by atoms with Gasteiger partial charge in [-0.1, -0.05) is 23.2 Å². The van der Waals surface area contributed by atoms with E-state index in [1.807, 2.05) is 0 Å². The van der Waals surface area contributed by atoms with Crippen LogP contribution in [0.4, 0.5) is 10.3 Å². The first-order valence-electron chi connectivity index (χ1n) is 4.53. The number of hydrogen-bond acceptors (Lipinski definition) is 2. The van der Waals surface area contributed by atoms with Crippen molar-refractivity contribution in [2.75, 3.05) is 5.32 Å². The van der Waals surface area contributed by atoms with E-state index in [4.69, 9.17) is 23.2 Å². The topological polar surface area (TPSA) is 57.8 Å². The fourth-order valence-corrected chi connectivity index (χ4v) is 1.67. The van der Waals surface area contributed by atoms with E-state index in [1.54, 1.807) is 6.20 Å². The number of anilines is 1. The number of hydrogen-bond donors (Lipinski definition) is 2. The molecule has 17 heavy (non-hydrogen) atoms. The zero-order chi connectivity index (χ0) is 12.4. The summed E-state index contributed by atoms with van der Waals surface area (Å²) >= 11 is 11.3. The largest absolute Gasteiger partial charge is 0.331 e. The molecule has 0 aliphatic carbocycles. The van der Waals surface area contributed by atoms with Crippen molar-refractivity contribution < 1.29 is 9.18 Å². The normalized spacial score (nSPS) is 10.3. The van der Waals surface area contributed by atoms with Crippen LogP contribution in [0.5, 0.6) is 0 Å². The molecule has 4 nitrogen and oxygen atoms in total. The van der Waals surface area contributed by atoms with E-state index in [9.17, 15) is 9.18 Å². The van der Waals surface area contributed by atoms with Crippen LogP contribution in [0.1, 0.15) is 10.4 Å². The average molecular weight is 274 g/mol. The van der Waals surface area contributed by atoms with E-state index < -0.39 is 11.7 Å². The number of imidazole rings is 1. The molecule has 7 heteroatoms. The maximum absolute atomic E-state index is 13.2. The molecule has 88 valence electrons. The summed E-state index contributed by atoms with van der Waals surface area (Å²) in [5, 5.41) is 2.36. The van der Waals surface area contributed by atoms with Gasteiger partial charge in [0.05, 0.1) is 15.6 Å². The molecule has 1 heterocycles. The van der Waals surface area contributed by atoms with Crippen molar-refractivity contribution in [3.8, 4) is 0 Å². The van der Waals surface area contributed by atoms with Gasteiger partial charge in [0, 0.05) is 12.4 Å². The van der Waals surface area contributed by atoms with Gasteiger partial charge in [0.25, 0.3) is 5.91 Å². The van der Waals surface area contributed by atoms with Gasteiger partial charge in [-0.3, -0.25) is 10.1 Å². The van der Waals surface area contributed by atoms with Crippen LogP contribution in [0.2, 0.25) is 10.0 Å². The highest BCUT2D eigenvalue weighted by atomic mass is 35.5. The van der Waals surface area contributed by atoms with Crippen LogP contribution in [0.3, 0.4) is 0 Å². The first kappa shape index (κ1) is 11.9. The predicted octanol–water partition coefficient (Wildman–Crippen LogP) is 3.11. The van der Waals surface area contributed by atoms with Crippen molar-refractivity contribution in [1.82, 2.24) is 9.97 Å². The number of H-pyrrole nitrogens is 1. The Morgan fingerprint density at radius 2 is 2.12 bits per heavy atom. The Morgan fingerprint density at radius 1 is 1.35 bits per heavy atom. The van der Waals surface area contributed by atoms with Gasteiger partial charge in [0.2, 0.25) is 5.95 Å². The zero-order valence-corrected chi connectivity index (χ0v) is 9.81. The number of aromatic amines is 1. The van der Waals surface area contributed by atoms with Crippen molar-refractivity contribution in [2.45, 2.75) is 0 Å². The lowest BCUT2D eigenvalue weighted by Gasteiger charge is -2.05. The van der Waals surface area contributed by atoms with Crippen LogP contribution in [0.15, 0.2) is 24.5 Å². The highest BCUT2D eigenvalue weighted by Crippen LogP contribution is 2.24. The van der Waals surface area contributed by atoms with E-state index in [1.165, 1.54) is 12.3 Å². The number of amides is 1. The van der Waals surface area contributed by atoms with E-state index in [0.717, 1.165) is 6.07 Å². The Morgan fingerprint density at radius 3 is 2.76 bits per heavy atom. The van der Waals surface area contributed by atoms with E-state index in [2.05, 4.69) is 15.3 Å². The van der Waals surface area contributed by atoms with E-state index in [-0.39, 0.29) is 21.6 Å². The third-order valence-corrected chi connectivity index (χ3v) is 2.59. The van der Waals surface area contributed by atoms with Gasteiger partial charge >= 0.3 is 0 Å². The third kappa shape index (κ3) is 2.57. The SMILES string of the molecule is O=C(Nc1ncc[nH]1)c1cc(F)c(Cl)cc1Cl. The maximum Gasteiger partial charge on any atom is 0.259 e. The summed E-state index contributed by atoms with van der Waals surface area (Å²) in [6.45, 7) is 0. The molecule has 0 atom stereocenters. The van der Waals surface area contributed by atoms with Crippen molar-refractivity contribution in [2.24, 2.45) is 0 Å². The number of benzene rings is 1. The Balaban J connectivity index is 2.28. The smallest absolute Gasteiger partial charge is 0.259 e. The molecule has 2 N–H and O–H groups in total. The number of rotatable bonds is 2. The second-order valence-electron chi connectivity index (χ2n) is 3.14. The summed E-state index contributed by atoms with van der Waals surface area (Å²) in [5.74, 6) is -1.03. The van der Waals surface area contributed by atoms with Crippen molar-refractivity contribution in [1.29, 1.82) is 0 Å². The highest BCUT2D eigenvalue weighted by molar-refractivity contribution is 6.37. The molecule has 0 bridgehead atoms. The fraction of sp³-hybridized carbons (Fsp3) is 0. The second kappa shape index (κ2) is 4.73. The van der Waals surface area contributed by atoms with Gasteiger partial charge in [-0.15, -0.1) is 0 Å². The Kier molecular flexibility index (Phi) is 3.31. The maximum atomic E-state index is 13.2. The van der Waals surface area contributed by atoms with E-state index >= 15 is 0 Å². The quantitative estimate of drug-likeness (QED) is 0.826. The third-order valence-electron chi connectivity index (χ3n) is 1.98. The summed E-state index contributed by atoms with van der Waals surface area (Å²) in [4.78, 5) is 18.2. The number of nitrogens with zero attached hydrogens (tertiary/aromatic N) is 1. The molecular weight excluding hydrogens is 268 g/mol. The molecule has 0 spiro atoms. The lowest BCUT2D eigenvalue weighted by molar-refractivity contribution is 0.102.